The Morgan fingerprint density at radius 2 is 1.97 bits per heavy atom. The highest BCUT2D eigenvalue weighted by Gasteiger charge is 2.24. The number of benzene rings is 1. The van der Waals surface area contributed by atoms with Crippen molar-refractivity contribution in [1.29, 1.82) is 0 Å². The number of methoxy groups -OCH3 is 1. The van der Waals surface area contributed by atoms with Crippen molar-refractivity contribution >= 4 is 39.1 Å². The van der Waals surface area contributed by atoms with E-state index in [1.807, 2.05) is 52.4 Å². The number of esters is 1. The van der Waals surface area contributed by atoms with Crippen molar-refractivity contribution < 1.29 is 14.3 Å². The first-order valence-corrected chi connectivity index (χ1v) is 9.91. The van der Waals surface area contributed by atoms with Gasteiger partial charge in [0.2, 0.25) is 0 Å². The van der Waals surface area contributed by atoms with Crippen molar-refractivity contribution in [1.82, 2.24) is 14.3 Å². The molecule has 0 bridgehead atoms. The van der Waals surface area contributed by atoms with Crippen molar-refractivity contribution in [3.63, 3.8) is 0 Å². The van der Waals surface area contributed by atoms with Gasteiger partial charge in [0.25, 0.3) is 5.91 Å². The highest BCUT2D eigenvalue weighted by molar-refractivity contribution is 7.17. The van der Waals surface area contributed by atoms with Gasteiger partial charge < -0.3 is 14.6 Å². The summed E-state index contributed by atoms with van der Waals surface area (Å²) in [7, 11) is 2.94. The Bertz CT molecular complexity index is 1200. The zero-order chi connectivity index (χ0) is 20.5. The third kappa shape index (κ3) is 3.42. The normalized spacial score (nSPS) is 11.0. The van der Waals surface area contributed by atoms with Gasteiger partial charge >= 0.3 is 5.97 Å². The highest BCUT2D eigenvalue weighted by Crippen LogP contribution is 2.28. The van der Waals surface area contributed by atoms with Crippen LogP contribution in [0.15, 0.2) is 47.8 Å². The molecule has 1 aromatic carbocycles. The van der Waals surface area contributed by atoms with Crippen LogP contribution in [0.5, 0.6) is 0 Å². The molecule has 1 amide bonds. The van der Waals surface area contributed by atoms with Crippen LogP contribution in [-0.2, 0) is 18.3 Å². The van der Waals surface area contributed by atoms with E-state index in [4.69, 9.17) is 4.74 Å². The van der Waals surface area contributed by atoms with E-state index in [1.54, 1.807) is 25.3 Å². The maximum absolute atomic E-state index is 13.2. The lowest BCUT2D eigenvalue weighted by Gasteiger charge is -2.12. The van der Waals surface area contributed by atoms with Gasteiger partial charge in [0, 0.05) is 13.6 Å². The molecule has 29 heavy (non-hydrogen) atoms. The summed E-state index contributed by atoms with van der Waals surface area (Å²) in [6, 6.07) is 13.9. The summed E-state index contributed by atoms with van der Waals surface area (Å²) in [5, 5.41) is 9.12. The van der Waals surface area contributed by atoms with Gasteiger partial charge in [0.15, 0.2) is 5.69 Å². The summed E-state index contributed by atoms with van der Waals surface area (Å²) in [5.74, 6) is -0.852. The first kappa shape index (κ1) is 18.9. The number of nitrogens with one attached hydrogen (secondary N) is 1. The molecule has 7 nitrogen and oxygen atoms in total. The molecule has 148 valence electrons. The minimum Gasteiger partial charge on any atom is -0.464 e. The van der Waals surface area contributed by atoms with E-state index >= 15 is 0 Å². The summed E-state index contributed by atoms with van der Waals surface area (Å²) >= 11 is 1.58. The number of thiophene rings is 1. The molecule has 1 N–H and O–H groups in total. The molecule has 8 heteroatoms. The van der Waals surface area contributed by atoms with Gasteiger partial charge in [-0.3, -0.25) is 9.48 Å². The molecule has 0 spiro atoms. The lowest BCUT2D eigenvalue weighted by molar-refractivity contribution is 0.0589. The van der Waals surface area contributed by atoms with E-state index in [0.717, 1.165) is 15.8 Å². The van der Waals surface area contributed by atoms with Crippen LogP contribution in [0, 0.1) is 6.92 Å². The Labute approximate surface area is 171 Å². The SMILES string of the molecule is COC(=O)c1c(NC(=O)c2cc3sccc3n2Cc2ccccc2)c(C)nn1C. The van der Waals surface area contributed by atoms with Crippen molar-refractivity contribution in [2.75, 3.05) is 12.4 Å². The first-order valence-electron chi connectivity index (χ1n) is 9.03. The molecule has 0 aliphatic heterocycles. The van der Waals surface area contributed by atoms with Gasteiger partial charge in [-0.25, -0.2) is 4.79 Å². The number of amides is 1. The molecular formula is C21H20N4O3S. The lowest BCUT2D eigenvalue weighted by atomic mass is 10.2. The standard InChI is InChI=1S/C21H20N4O3S/c1-13-18(19(21(27)28-3)24(2)23-13)22-20(26)16-11-17-15(9-10-29-17)25(16)12-14-7-5-4-6-8-14/h4-11H,12H2,1-3H3,(H,22,26). The Morgan fingerprint density at radius 1 is 1.21 bits per heavy atom. The minimum absolute atomic E-state index is 0.210. The van der Waals surface area contributed by atoms with Crippen LogP contribution in [0.1, 0.15) is 32.2 Å². The van der Waals surface area contributed by atoms with Crippen molar-refractivity contribution in [2.24, 2.45) is 7.05 Å². The quantitative estimate of drug-likeness (QED) is 0.509. The summed E-state index contributed by atoms with van der Waals surface area (Å²) in [4.78, 5) is 25.4. The van der Waals surface area contributed by atoms with Crippen LogP contribution in [0.2, 0.25) is 0 Å². The molecule has 0 saturated heterocycles. The number of hydrogen-bond donors (Lipinski definition) is 1. The number of rotatable bonds is 5. The summed E-state index contributed by atoms with van der Waals surface area (Å²) in [6.07, 6.45) is 0. The molecule has 3 aromatic heterocycles. The van der Waals surface area contributed by atoms with Gasteiger partial charge in [0.1, 0.15) is 5.69 Å². The summed E-state index contributed by atoms with van der Waals surface area (Å²) < 4.78 is 9.27. The number of ether oxygens (including phenoxy) is 1. The number of hydrogen-bond acceptors (Lipinski definition) is 5. The maximum Gasteiger partial charge on any atom is 0.358 e. The molecule has 0 aliphatic carbocycles. The Balaban J connectivity index is 1.73. The van der Waals surface area contributed by atoms with Crippen molar-refractivity contribution in [2.45, 2.75) is 13.5 Å². The van der Waals surface area contributed by atoms with Gasteiger partial charge in [-0.05, 0) is 30.0 Å². The van der Waals surface area contributed by atoms with E-state index < -0.39 is 5.97 Å². The zero-order valence-corrected chi connectivity index (χ0v) is 17.1. The number of fused-ring (bicyclic) bond motifs is 1. The first-order chi connectivity index (χ1) is 14.0. The van der Waals surface area contributed by atoms with Crippen LogP contribution in [-0.4, -0.2) is 33.3 Å². The monoisotopic (exact) mass is 408 g/mol. The van der Waals surface area contributed by atoms with Crippen molar-refractivity contribution in [3.8, 4) is 0 Å². The van der Waals surface area contributed by atoms with Gasteiger partial charge in [-0.1, -0.05) is 30.3 Å². The Morgan fingerprint density at radius 3 is 2.69 bits per heavy atom. The highest BCUT2D eigenvalue weighted by atomic mass is 32.1. The molecule has 0 fully saturated rings. The fraction of sp³-hybridized carbons (Fsp3) is 0.190. The van der Waals surface area contributed by atoms with Gasteiger partial charge in [-0.2, -0.15) is 5.10 Å². The molecule has 0 aliphatic rings. The molecule has 4 aromatic rings. The fourth-order valence-corrected chi connectivity index (χ4v) is 4.24. The van der Waals surface area contributed by atoms with E-state index in [2.05, 4.69) is 10.4 Å². The summed E-state index contributed by atoms with van der Waals surface area (Å²) in [6.45, 7) is 2.31. The minimum atomic E-state index is -0.552. The van der Waals surface area contributed by atoms with Crippen LogP contribution < -0.4 is 5.32 Å². The molecular weight excluding hydrogens is 388 g/mol. The van der Waals surface area contributed by atoms with Crippen LogP contribution in [0.25, 0.3) is 10.2 Å². The van der Waals surface area contributed by atoms with Crippen LogP contribution in [0.3, 0.4) is 0 Å². The Kier molecular flexibility index (Phi) is 4.94. The topological polar surface area (TPSA) is 78.2 Å². The second-order valence-electron chi connectivity index (χ2n) is 6.65. The average molecular weight is 408 g/mol. The van der Waals surface area contributed by atoms with Gasteiger partial charge in [0.05, 0.1) is 28.7 Å². The molecule has 0 atom stereocenters. The molecule has 0 radical (unpaired) electrons. The lowest BCUT2D eigenvalue weighted by Crippen LogP contribution is -2.20. The maximum atomic E-state index is 13.2. The van der Waals surface area contributed by atoms with Crippen molar-refractivity contribution in [3.05, 3.63) is 70.5 Å². The Hall–Kier alpha value is -3.39. The van der Waals surface area contributed by atoms with Crippen LogP contribution in [0.4, 0.5) is 5.69 Å². The summed E-state index contributed by atoms with van der Waals surface area (Å²) in [5.41, 5.74) is 3.73. The average Bonchev–Trinajstić information content (AvgIpc) is 3.37. The zero-order valence-electron chi connectivity index (χ0n) is 16.3. The van der Waals surface area contributed by atoms with E-state index in [0.29, 0.717) is 23.6 Å². The molecule has 0 saturated carbocycles. The van der Waals surface area contributed by atoms with E-state index in [-0.39, 0.29) is 11.6 Å². The third-order valence-corrected chi connectivity index (χ3v) is 5.63. The number of nitrogens with zero attached hydrogens (tertiary/aromatic N) is 3. The second kappa shape index (κ2) is 7.56. The molecule has 0 unspecified atom stereocenters. The number of aromatic nitrogens is 3. The largest absolute Gasteiger partial charge is 0.464 e. The van der Waals surface area contributed by atoms with E-state index in [1.165, 1.54) is 11.8 Å². The smallest absolute Gasteiger partial charge is 0.358 e. The second-order valence-corrected chi connectivity index (χ2v) is 7.60. The molecule has 3 heterocycles. The third-order valence-electron chi connectivity index (χ3n) is 4.78. The fourth-order valence-electron chi connectivity index (χ4n) is 3.42. The predicted octanol–water partition coefficient (Wildman–Crippen LogP) is 3.83. The van der Waals surface area contributed by atoms with Crippen LogP contribution >= 0.6 is 11.3 Å². The number of aryl methyl sites for hydroxylation is 2. The number of carbonyl (C=O) groups excluding carboxylic acids is 2. The van der Waals surface area contributed by atoms with E-state index in [9.17, 15) is 9.59 Å². The number of anilines is 1. The number of carbonyl (C=O) groups is 2. The van der Waals surface area contributed by atoms with Gasteiger partial charge in [-0.15, -0.1) is 11.3 Å². The molecule has 4 rings (SSSR count). The predicted molar refractivity (Wildman–Crippen MR) is 113 cm³/mol.